The lowest BCUT2D eigenvalue weighted by Crippen LogP contribution is -2.50. The molecule has 2 saturated heterocycles. The third-order valence-corrected chi connectivity index (χ3v) is 4.56. The van der Waals surface area contributed by atoms with E-state index in [4.69, 9.17) is 4.42 Å². The molecule has 0 saturated carbocycles. The zero-order valence-electron chi connectivity index (χ0n) is 13.7. The van der Waals surface area contributed by atoms with E-state index in [9.17, 15) is 9.59 Å². The first kappa shape index (κ1) is 15.6. The van der Waals surface area contributed by atoms with Gasteiger partial charge in [-0.3, -0.25) is 9.59 Å². The molecule has 4 rings (SSSR count). The minimum absolute atomic E-state index is 0.0457. The molecule has 8 heteroatoms. The van der Waals surface area contributed by atoms with Gasteiger partial charge in [0.1, 0.15) is 11.5 Å². The molecule has 2 aliphatic heterocycles. The fourth-order valence-corrected chi connectivity index (χ4v) is 3.08. The van der Waals surface area contributed by atoms with Crippen molar-refractivity contribution in [2.24, 2.45) is 0 Å². The molecule has 0 N–H and O–H groups in total. The van der Waals surface area contributed by atoms with Gasteiger partial charge in [0.05, 0.1) is 25.0 Å². The van der Waals surface area contributed by atoms with Crippen molar-refractivity contribution in [3.8, 4) is 0 Å². The molecule has 4 heterocycles. The van der Waals surface area contributed by atoms with Crippen LogP contribution in [0.1, 0.15) is 30.3 Å². The molecule has 2 aliphatic rings. The maximum atomic E-state index is 12.1. The van der Waals surface area contributed by atoms with Gasteiger partial charge in [0.15, 0.2) is 0 Å². The average molecular weight is 341 g/mol. The number of likely N-dealkylation sites (tertiary alicyclic amines) is 2. The molecule has 0 aliphatic carbocycles. The Kier molecular flexibility index (Phi) is 4.09. The zero-order valence-corrected chi connectivity index (χ0v) is 13.7. The summed E-state index contributed by atoms with van der Waals surface area (Å²) in [6, 6.07) is 3.71. The predicted octanol–water partition coefficient (Wildman–Crippen LogP) is 1.09. The molecule has 2 amide bonds. The highest BCUT2D eigenvalue weighted by Crippen LogP contribution is 2.21. The lowest BCUT2D eigenvalue weighted by atomic mass is 10.1. The molecule has 25 heavy (non-hydrogen) atoms. The molecular formula is C17H19N5O3. The smallest absolute Gasteiger partial charge is 0.246 e. The summed E-state index contributed by atoms with van der Waals surface area (Å²) in [6.45, 7) is 2.51. The number of carbonyl (C=O) groups excluding carboxylic acids is 2. The Morgan fingerprint density at radius 1 is 1.40 bits per heavy atom. The fourth-order valence-electron chi connectivity index (χ4n) is 3.08. The van der Waals surface area contributed by atoms with Gasteiger partial charge in [0, 0.05) is 32.1 Å². The normalized spacial score (nSPS) is 18.3. The highest BCUT2D eigenvalue weighted by molar-refractivity contribution is 5.92. The van der Waals surface area contributed by atoms with Crippen molar-refractivity contribution >= 4 is 17.9 Å². The monoisotopic (exact) mass is 341 g/mol. The number of furan rings is 1. The molecule has 0 atom stereocenters. The van der Waals surface area contributed by atoms with Crippen LogP contribution in [0.3, 0.4) is 0 Å². The van der Waals surface area contributed by atoms with Crippen molar-refractivity contribution in [2.75, 3.05) is 19.6 Å². The Hall–Kier alpha value is -2.90. The third kappa shape index (κ3) is 3.33. The van der Waals surface area contributed by atoms with E-state index >= 15 is 0 Å². The van der Waals surface area contributed by atoms with Crippen molar-refractivity contribution < 1.29 is 14.0 Å². The number of hydrogen-bond acceptors (Lipinski definition) is 5. The third-order valence-electron chi connectivity index (χ3n) is 4.56. The molecule has 2 fully saturated rings. The van der Waals surface area contributed by atoms with E-state index in [-0.39, 0.29) is 17.9 Å². The Balaban J connectivity index is 1.29. The molecule has 2 aromatic rings. The van der Waals surface area contributed by atoms with Gasteiger partial charge < -0.3 is 14.2 Å². The number of amides is 2. The second-order valence-corrected chi connectivity index (χ2v) is 6.35. The van der Waals surface area contributed by atoms with Gasteiger partial charge in [-0.1, -0.05) is 5.21 Å². The Labute approximate surface area is 144 Å². The second kappa shape index (κ2) is 6.54. The number of hydrogen-bond donors (Lipinski definition) is 0. The van der Waals surface area contributed by atoms with E-state index in [1.165, 1.54) is 6.08 Å². The number of carbonyl (C=O) groups is 2. The summed E-state index contributed by atoms with van der Waals surface area (Å²) in [4.78, 5) is 27.3. The van der Waals surface area contributed by atoms with Crippen molar-refractivity contribution in [1.82, 2.24) is 24.8 Å². The summed E-state index contributed by atoms with van der Waals surface area (Å²) < 4.78 is 6.95. The van der Waals surface area contributed by atoms with Crippen molar-refractivity contribution in [1.29, 1.82) is 0 Å². The second-order valence-electron chi connectivity index (χ2n) is 6.35. The zero-order chi connectivity index (χ0) is 17.2. The fraction of sp³-hybridized carbons (Fsp3) is 0.412. The molecule has 0 bridgehead atoms. The van der Waals surface area contributed by atoms with Crippen LogP contribution in [0.5, 0.6) is 0 Å². The summed E-state index contributed by atoms with van der Waals surface area (Å²) in [5, 5.41) is 8.29. The molecular weight excluding hydrogens is 322 g/mol. The van der Waals surface area contributed by atoms with Crippen LogP contribution in [0, 0.1) is 0 Å². The topological polar surface area (TPSA) is 84.5 Å². The summed E-state index contributed by atoms with van der Waals surface area (Å²) in [7, 11) is 0. The van der Waals surface area contributed by atoms with E-state index in [1.807, 2.05) is 11.1 Å². The van der Waals surface area contributed by atoms with Crippen molar-refractivity contribution in [2.45, 2.75) is 25.4 Å². The quantitative estimate of drug-likeness (QED) is 0.760. The molecule has 0 aromatic carbocycles. The van der Waals surface area contributed by atoms with Crippen molar-refractivity contribution in [3.63, 3.8) is 0 Å². The summed E-state index contributed by atoms with van der Waals surface area (Å²) in [5.74, 6) is 0.789. The molecule has 130 valence electrons. The molecule has 0 radical (unpaired) electrons. The van der Waals surface area contributed by atoms with E-state index in [0.717, 1.165) is 18.7 Å². The maximum absolute atomic E-state index is 12.1. The van der Waals surface area contributed by atoms with Gasteiger partial charge in [-0.25, -0.2) is 4.68 Å². The highest BCUT2D eigenvalue weighted by Gasteiger charge is 2.32. The predicted molar refractivity (Wildman–Crippen MR) is 88.0 cm³/mol. The maximum Gasteiger partial charge on any atom is 0.246 e. The van der Waals surface area contributed by atoms with E-state index < -0.39 is 0 Å². The van der Waals surface area contributed by atoms with Crippen LogP contribution in [0.25, 0.3) is 6.08 Å². The minimum atomic E-state index is -0.0457. The largest absolute Gasteiger partial charge is 0.465 e. The van der Waals surface area contributed by atoms with Crippen LogP contribution < -0.4 is 0 Å². The Bertz CT molecular complexity index is 789. The molecule has 8 nitrogen and oxygen atoms in total. The molecule has 2 aromatic heterocycles. The molecule has 0 spiro atoms. The van der Waals surface area contributed by atoms with E-state index in [0.29, 0.717) is 31.8 Å². The van der Waals surface area contributed by atoms with Crippen LogP contribution in [0.4, 0.5) is 0 Å². The Morgan fingerprint density at radius 3 is 3.00 bits per heavy atom. The van der Waals surface area contributed by atoms with Gasteiger partial charge >= 0.3 is 0 Å². The molecule has 0 unspecified atom stereocenters. The summed E-state index contributed by atoms with van der Waals surface area (Å²) >= 11 is 0. The van der Waals surface area contributed by atoms with Crippen LogP contribution >= 0.6 is 0 Å². The first-order valence-corrected chi connectivity index (χ1v) is 8.38. The first-order chi connectivity index (χ1) is 12.2. The van der Waals surface area contributed by atoms with Crippen LogP contribution in [-0.2, 0) is 16.1 Å². The summed E-state index contributed by atoms with van der Waals surface area (Å²) in [5.41, 5.74) is 0.790. The standard InChI is InChI=1S/C17H19N5O3/c23-16-4-1-7-20(16)9-13-10-22(19-18-13)14-11-21(12-14)17(24)6-5-15-3-2-8-25-15/h2-3,5-6,8,10,14H,1,4,7,9,11-12H2. The lowest BCUT2D eigenvalue weighted by molar-refractivity contribution is -0.131. The van der Waals surface area contributed by atoms with E-state index in [2.05, 4.69) is 10.3 Å². The van der Waals surface area contributed by atoms with Gasteiger partial charge in [0.2, 0.25) is 11.8 Å². The van der Waals surface area contributed by atoms with Crippen LogP contribution in [-0.4, -0.2) is 56.2 Å². The van der Waals surface area contributed by atoms with Gasteiger partial charge in [-0.05, 0) is 24.6 Å². The van der Waals surface area contributed by atoms with Gasteiger partial charge in [0.25, 0.3) is 0 Å². The van der Waals surface area contributed by atoms with E-state index in [1.54, 1.807) is 34.1 Å². The van der Waals surface area contributed by atoms with Gasteiger partial charge in [-0.15, -0.1) is 5.10 Å². The Morgan fingerprint density at radius 2 is 2.28 bits per heavy atom. The van der Waals surface area contributed by atoms with Crippen LogP contribution in [0.2, 0.25) is 0 Å². The van der Waals surface area contributed by atoms with Gasteiger partial charge in [-0.2, -0.15) is 0 Å². The highest BCUT2D eigenvalue weighted by atomic mass is 16.3. The SMILES string of the molecule is O=C(C=Cc1ccco1)N1CC(n2cc(CN3CCCC3=O)nn2)C1. The number of nitrogens with zero attached hydrogens (tertiary/aromatic N) is 5. The minimum Gasteiger partial charge on any atom is -0.465 e. The lowest BCUT2D eigenvalue weighted by Gasteiger charge is -2.38. The number of rotatable bonds is 5. The summed E-state index contributed by atoms with van der Waals surface area (Å²) in [6.07, 6.45) is 8.16. The average Bonchev–Trinajstić information content (AvgIpc) is 3.28. The van der Waals surface area contributed by atoms with Crippen LogP contribution in [0.15, 0.2) is 35.1 Å². The van der Waals surface area contributed by atoms with Crippen molar-refractivity contribution in [3.05, 3.63) is 42.1 Å². The first-order valence-electron chi connectivity index (χ1n) is 8.38. The number of aromatic nitrogens is 3.